The number of carbonyl (C=O) groups is 1. The van der Waals surface area contributed by atoms with Gasteiger partial charge >= 0.3 is 0 Å². The van der Waals surface area contributed by atoms with E-state index in [2.05, 4.69) is 20.8 Å². The first-order valence-corrected chi connectivity index (χ1v) is 7.50. The van der Waals surface area contributed by atoms with Crippen LogP contribution < -0.4 is 4.74 Å². The molecule has 0 heterocycles. The van der Waals surface area contributed by atoms with Crippen LogP contribution in [0.5, 0.6) is 5.75 Å². The predicted octanol–water partition coefficient (Wildman–Crippen LogP) is 4.87. The van der Waals surface area contributed by atoms with Crippen molar-refractivity contribution in [1.82, 2.24) is 0 Å². The van der Waals surface area contributed by atoms with Crippen molar-refractivity contribution in [2.24, 2.45) is 5.92 Å². The molecule has 2 heteroatoms. The number of benzene rings is 1. The van der Waals surface area contributed by atoms with Gasteiger partial charge < -0.3 is 4.74 Å². The highest BCUT2D eigenvalue weighted by Crippen LogP contribution is 2.26. The van der Waals surface area contributed by atoms with Gasteiger partial charge in [-0.1, -0.05) is 45.7 Å². The van der Waals surface area contributed by atoms with Gasteiger partial charge in [-0.3, -0.25) is 4.79 Å². The summed E-state index contributed by atoms with van der Waals surface area (Å²) in [7, 11) is 0. The molecule has 0 N–H and O–H groups in total. The molecule has 0 amide bonds. The van der Waals surface area contributed by atoms with Crippen molar-refractivity contribution in [3.63, 3.8) is 0 Å². The lowest BCUT2D eigenvalue weighted by atomic mass is 9.89. The fourth-order valence-corrected chi connectivity index (χ4v) is 2.33. The van der Waals surface area contributed by atoms with Crippen LogP contribution in [0.4, 0.5) is 0 Å². The Bertz CT molecular complexity index is 379. The topological polar surface area (TPSA) is 26.3 Å². The summed E-state index contributed by atoms with van der Waals surface area (Å²) in [5.41, 5.74) is 0.753. The quantitative estimate of drug-likeness (QED) is 0.593. The van der Waals surface area contributed by atoms with Gasteiger partial charge in [-0.2, -0.15) is 0 Å². The van der Waals surface area contributed by atoms with Crippen LogP contribution >= 0.6 is 0 Å². The maximum Gasteiger partial charge on any atom is 0.169 e. The van der Waals surface area contributed by atoms with Crippen molar-refractivity contribution < 1.29 is 9.53 Å². The van der Waals surface area contributed by atoms with Crippen molar-refractivity contribution in [2.45, 2.75) is 52.9 Å². The third-order valence-electron chi connectivity index (χ3n) is 3.26. The van der Waals surface area contributed by atoms with Crippen molar-refractivity contribution >= 4 is 5.78 Å². The molecule has 0 spiro atoms. The first-order chi connectivity index (χ1) is 9.24. The Hall–Kier alpha value is -1.31. The van der Waals surface area contributed by atoms with Gasteiger partial charge in [0, 0.05) is 5.92 Å². The van der Waals surface area contributed by atoms with E-state index in [1.165, 1.54) is 0 Å². The largest absolute Gasteiger partial charge is 0.493 e. The monoisotopic (exact) mass is 262 g/mol. The molecule has 0 unspecified atom stereocenters. The third-order valence-corrected chi connectivity index (χ3v) is 3.26. The second-order valence-corrected chi connectivity index (χ2v) is 4.98. The minimum atomic E-state index is 0.140. The molecule has 0 fully saturated rings. The molecule has 1 rings (SSSR count). The smallest absolute Gasteiger partial charge is 0.169 e. The zero-order valence-electron chi connectivity index (χ0n) is 12.4. The number of carbonyl (C=O) groups excluding carboxylic acids is 1. The lowest BCUT2D eigenvalue weighted by molar-refractivity contribution is 0.0900. The maximum absolute atomic E-state index is 12.6. The molecule has 0 saturated heterocycles. The van der Waals surface area contributed by atoms with Crippen LogP contribution in [0.2, 0.25) is 0 Å². The van der Waals surface area contributed by atoms with E-state index in [0.717, 1.165) is 43.4 Å². The third kappa shape index (κ3) is 4.70. The second-order valence-electron chi connectivity index (χ2n) is 4.98. The highest BCUT2D eigenvalue weighted by molar-refractivity contribution is 6.00. The molecule has 0 aliphatic rings. The molecule has 0 aliphatic carbocycles. The number of ketones is 1. The molecule has 0 aliphatic heterocycles. The van der Waals surface area contributed by atoms with Crippen LogP contribution in [0.15, 0.2) is 24.3 Å². The molecule has 106 valence electrons. The minimum Gasteiger partial charge on any atom is -0.493 e. The van der Waals surface area contributed by atoms with Crippen LogP contribution in [0.1, 0.15) is 63.2 Å². The van der Waals surface area contributed by atoms with Gasteiger partial charge in [0.2, 0.25) is 0 Å². The Kier molecular flexibility index (Phi) is 7.24. The normalized spacial score (nSPS) is 10.7. The van der Waals surface area contributed by atoms with Crippen molar-refractivity contribution in [2.75, 3.05) is 6.61 Å². The van der Waals surface area contributed by atoms with Gasteiger partial charge in [0.05, 0.1) is 12.2 Å². The molecule has 19 heavy (non-hydrogen) atoms. The Morgan fingerprint density at radius 1 is 1.05 bits per heavy atom. The summed E-state index contributed by atoms with van der Waals surface area (Å²) in [5, 5.41) is 0. The molecule has 0 bridgehead atoms. The first-order valence-electron chi connectivity index (χ1n) is 7.50. The standard InChI is InChI=1S/C17H26O2/c1-4-9-14(10-5-2)17(18)15-11-7-8-12-16(15)19-13-6-3/h7-8,11-12,14H,4-6,9-10,13H2,1-3H3. The highest BCUT2D eigenvalue weighted by atomic mass is 16.5. The summed E-state index contributed by atoms with van der Waals surface area (Å²) in [6.45, 7) is 7.00. The molecule has 0 radical (unpaired) electrons. The van der Waals surface area contributed by atoms with Crippen LogP contribution in [0, 0.1) is 5.92 Å². The van der Waals surface area contributed by atoms with Crippen LogP contribution in [-0.4, -0.2) is 12.4 Å². The summed E-state index contributed by atoms with van der Waals surface area (Å²) in [6, 6.07) is 7.64. The van der Waals surface area contributed by atoms with E-state index in [4.69, 9.17) is 4.74 Å². The number of para-hydroxylation sites is 1. The van der Waals surface area contributed by atoms with Gasteiger partial charge in [-0.25, -0.2) is 0 Å². The van der Waals surface area contributed by atoms with Gasteiger partial charge in [0.1, 0.15) is 5.75 Å². The fraction of sp³-hybridized carbons (Fsp3) is 0.588. The Morgan fingerprint density at radius 3 is 2.26 bits per heavy atom. The summed E-state index contributed by atoms with van der Waals surface area (Å²) in [4.78, 5) is 12.6. The first kappa shape index (κ1) is 15.7. The van der Waals surface area contributed by atoms with E-state index in [1.807, 2.05) is 24.3 Å². The number of rotatable bonds is 9. The Morgan fingerprint density at radius 2 is 1.68 bits per heavy atom. The lowest BCUT2D eigenvalue weighted by Crippen LogP contribution is -2.16. The number of hydrogen-bond acceptors (Lipinski definition) is 2. The van der Waals surface area contributed by atoms with Crippen molar-refractivity contribution in [3.05, 3.63) is 29.8 Å². The molecule has 1 aromatic rings. The maximum atomic E-state index is 12.6. The van der Waals surface area contributed by atoms with Crippen molar-refractivity contribution in [1.29, 1.82) is 0 Å². The van der Waals surface area contributed by atoms with E-state index in [-0.39, 0.29) is 11.7 Å². The number of Topliss-reactive ketones (excluding diaryl/α,β-unsaturated/α-hetero) is 1. The van der Waals surface area contributed by atoms with Crippen molar-refractivity contribution in [3.8, 4) is 5.75 Å². The predicted molar refractivity (Wildman–Crippen MR) is 79.9 cm³/mol. The zero-order chi connectivity index (χ0) is 14.1. The molecule has 0 saturated carbocycles. The van der Waals surface area contributed by atoms with Gasteiger partial charge in [-0.15, -0.1) is 0 Å². The lowest BCUT2D eigenvalue weighted by Gasteiger charge is -2.16. The van der Waals surface area contributed by atoms with E-state index in [9.17, 15) is 4.79 Å². The van der Waals surface area contributed by atoms with E-state index < -0.39 is 0 Å². The number of ether oxygens (including phenoxy) is 1. The Balaban J connectivity index is 2.89. The highest BCUT2D eigenvalue weighted by Gasteiger charge is 2.21. The SMILES string of the molecule is CCCOc1ccccc1C(=O)C(CCC)CCC. The minimum absolute atomic E-state index is 0.140. The second kappa shape index (κ2) is 8.73. The summed E-state index contributed by atoms with van der Waals surface area (Å²) in [5.74, 6) is 1.13. The van der Waals surface area contributed by atoms with E-state index in [0.29, 0.717) is 6.61 Å². The van der Waals surface area contributed by atoms with Gasteiger partial charge in [0.25, 0.3) is 0 Å². The van der Waals surface area contributed by atoms with E-state index in [1.54, 1.807) is 0 Å². The number of hydrogen-bond donors (Lipinski definition) is 0. The fourth-order valence-electron chi connectivity index (χ4n) is 2.33. The van der Waals surface area contributed by atoms with E-state index >= 15 is 0 Å². The van der Waals surface area contributed by atoms with Crippen LogP contribution in [-0.2, 0) is 0 Å². The van der Waals surface area contributed by atoms with Gasteiger partial charge in [0.15, 0.2) is 5.78 Å². The summed E-state index contributed by atoms with van der Waals surface area (Å²) < 4.78 is 5.69. The zero-order valence-corrected chi connectivity index (χ0v) is 12.4. The summed E-state index contributed by atoms with van der Waals surface area (Å²) >= 11 is 0. The molecule has 2 nitrogen and oxygen atoms in total. The molecule has 1 aromatic carbocycles. The molecule has 0 aromatic heterocycles. The van der Waals surface area contributed by atoms with Crippen LogP contribution in [0.3, 0.4) is 0 Å². The van der Waals surface area contributed by atoms with Crippen LogP contribution in [0.25, 0.3) is 0 Å². The summed E-state index contributed by atoms with van der Waals surface area (Å²) in [6.07, 6.45) is 4.99. The molecular weight excluding hydrogens is 236 g/mol. The Labute approximate surface area is 117 Å². The molecular formula is C17H26O2. The average molecular weight is 262 g/mol. The van der Waals surface area contributed by atoms with Gasteiger partial charge in [-0.05, 0) is 31.4 Å². The average Bonchev–Trinajstić information content (AvgIpc) is 2.44. The molecule has 0 atom stereocenters.